The number of nitrogens with zero attached hydrogens (tertiary/aromatic N) is 4. The Balaban J connectivity index is 1.11. The highest BCUT2D eigenvalue weighted by molar-refractivity contribution is 6.45. The van der Waals surface area contributed by atoms with Gasteiger partial charge in [-0.3, -0.25) is 9.98 Å². The van der Waals surface area contributed by atoms with Crippen molar-refractivity contribution < 1.29 is 10.4 Å². The summed E-state index contributed by atoms with van der Waals surface area (Å²) in [6.45, 7) is 0.395. The van der Waals surface area contributed by atoms with E-state index in [-0.39, 0.29) is 0 Å². The number of rotatable bonds is 8. The molecule has 212 valence electrons. The van der Waals surface area contributed by atoms with E-state index in [1.807, 2.05) is 0 Å². The number of fused-ring (bicyclic) bond motifs is 8. The predicted molar refractivity (Wildman–Crippen MR) is 154 cm³/mol. The van der Waals surface area contributed by atoms with Gasteiger partial charge in [0.15, 0.2) is 0 Å². The number of oxime groups is 2. The summed E-state index contributed by atoms with van der Waals surface area (Å²) in [5.74, 6) is 7.63. The maximum atomic E-state index is 10.4. The third kappa shape index (κ3) is 4.24. The summed E-state index contributed by atoms with van der Waals surface area (Å²) in [6, 6.07) is 0. The van der Waals surface area contributed by atoms with Crippen LogP contribution in [0.5, 0.6) is 0 Å². The normalized spacial score (nSPS) is 48.8. The highest BCUT2D eigenvalue weighted by Gasteiger charge is 2.50. The van der Waals surface area contributed by atoms with E-state index in [4.69, 9.17) is 9.98 Å². The Morgan fingerprint density at radius 3 is 0.949 bits per heavy atom. The van der Waals surface area contributed by atoms with Crippen molar-refractivity contribution in [2.75, 3.05) is 6.67 Å². The molecule has 8 rings (SSSR count). The van der Waals surface area contributed by atoms with Crippen LogP contribution in [0.2, 0.25) is 0 Å². The first-order chi connectivity index (χ1) is 19.2. The lowest BCUT2D eigenvalue weighted by Gasteiger charge is -2.30. The van der Waals surface area contributed by atoms with E-state index in [0.29, 0.717) is 54.0 Å². The minimum atomic E-state index is 0.379. The third-order valence-corrected chi connectivity index (χ3v) is 13.6. The van der Waals surface area contributed by atoms with Gasteiger partial charge in [0.2, 0.25) is 0 Å². The summed E-state index contributed by atoms with van der Waals surface area (Å²) in [5.41, 5.74) is 4.03. The Hall–Kier alpha value is -1.72. The molecule has 8 saturated carbocycles. The van der Waals surface area contributed by atoms with Crippen LogP contribution in [0.4, 0.5) is 0 Å². The van der Waals surface area contributed by atoms with E-state index in [2.05, 4.69) is 10.3 Å². The van der Waals surface area contributed by atoms with E-state index >= 15 is 0 Å². The van der Waals surface area contributed by atoms with Crippen LogP contribution >= 0.6 is 0 Å². The molecular formula is C33H48N4O2. The molecule has 8 fully saturated rings. The topological polar surface area (TPSA) is 89.9 Å². The molecule has 12 atom stereocenters. The second-order valence-electron chi connectivity index (χ2n) is 15.3. The molecule has 0 aromatic rings. The fraction of sp³-hybridized carbons (Fsp3) is 0.879. The Morgan fingerprint density at radius 2 is 0.718 bits per heavy atom. The lowest BCUT2D eigenvalue weighted by atomic mass is 9.76. The lowest BCUT2D eigenvalue weighted by Crippen LogP contribution is -2.36. The zero-order chi connectivity index (χ0) is 26.1. The Labute approximate surface area is 233 Å². The maximum absolute atomic E-state index is 10.4. The minimum absolute atomic E-state index is 0.379. The van der Waals surface area contributed by atoms with Gasteiger partial charge in [0.25, 0.3) is 0 Å². The highest BCUT2D eigenvalue weighted by atomic mass is 16.4. The lowest BCUT2D eigenvalue weighted by molar-refractivity contribution is 0.308. The van der Waals surface area contributed by atoms with Crippen LogP contribution < -0.4 is 0 Å². The van der Waals surface area contributed by atoms with Crippen molar-refractivity contribution in [1.29, 1.82) is 0 Å². The van der Waals surface area contributed by atoms with Crippen molar-refractivity contribution in [2.24, 2.45) is 91.3 Å². The second-order valence-corrected chi connectivity index (χ2v) is 15.3. The third-order valence-electron chi connectivity index (χ3n) is 13.6. The van der Waals surface area contributed by atoms with Crippen molar-refractivity contribution in [1.82, 2.24) is 0 Å². The second kappa shape index (κ2) is 9.98. The first-order valence-electron chi connectivity index (χ1n) is 16.7. The molecule has 6 nitrogen and oxygen atoms in total. The van der Waals surface area contributed by atoms with Gasteiger partial charge in [-0.2, -0.15) is 0 Å². The minimum Gasteiger partial charge on any atom is -0.411 e. The molecule has 0 amide bonds. The van der Waals surface area contributed by atoms with Crippen LogP contribution in [0.25, 0.3) is 0 Å². The molecule has 2 N–H and O–H groups in total. The average molecular weight is 533 g/mol. The smallest absolute Gasteiger partial charge is 0.130 e. The van der Waals surface area contributed by atoms with Crippen LogP contribution in [0.15, 0.2) is 20.3 Å². The van der Waals surface area contributed by atoms with E-state index in [9.17, 15) is 10.4 Å². The van der Waals surface area contributed by atoms with E-state index < -0.39 is 0 Å². The average Bonchev–Trinajstić information content (AvgIpc) is 3.82. The number of hydrogen-bond donors (Lipinski definition) is 2. The van der Waals surface area contributed by atoms with E-state index in [1.54, 1.807) is 0 Å². The standard InChI is InChI=1S/C33H48N4O2/c38-36-32(28-15-20-3-7-24(28)11-20)30(26-13-18-1-5-22(26)9-18)34-17-35-31(27-14-19-2-6-23(27)10-19)33(37-39)29-16-21-4-8-25(29)12-21/h18-29,38-39H,1-17H2. The monoisotopic (exact) mass is 532 g/mol. The molecule has 0 aromatic carbocycles. The van der Waals surface area contributed by atoms with Crippen LogP contribution in [-0.2, 0) is 0 Å². The van der Waals surface area contributed by atoms with Crippen LogP contribution in [0, 0.1) is 71.0 Å². The summed E-state index contributed by atoms with van der Waals surface area (Å²) in [6.07, 6.45) is 20.6. The first-order valence-corrected chi connectivity index (χ1v) is 16.7. The van der Waals surface area contributed by atoms with Gasteiger partial charge in [0.05, 0.1) is 11.4 Å². The van der Waals surface area contributed by atoms with Crippen molar-refractivity contribution in [2.45, 2.75) is 103 Å². The van der Waals surface area contributed by atoms with Crippen molar-refractivity contribution in [3.63, 3.8) is 0 Å². The molecule has 0 saturated heterocycles. The number of hydrogen-bond acceptors (Lipinski definition) is 6. The summed E-state index contributed by atoms with van der Waals surface area (Å²) in [4.78, 5) is 10.6. The van der Waals surface area contributed by atoms with Gasteiger partial charge >= 0.3 is 0 Å². The van der Waals surface area contributed by atoms with Gasteiger partial charge in [-0.25, -0.2) is 0 Å². The van der Waals surface area contributed by atoms with E-state index in [1.165, 1.54) is 103 Å². The van der Waals surface area contributed by atoms with Crippen molar-refractivity contribution in [3.05, 3.63) is 0 Å². The fourth-order valence-electron chi connectivity index (χ4n) is 11.9. The molecule has 0 heterocycles. The van der Waals surface area contributed by atoms with Gasteiger partial charge < -0.3 is 10.4 Å². The Kier molecular flexibility index (Phi) is 6.40. The molecular weight excluding hydrogens is 484 g/mol. The first kappa shape index (κ1) is 25.0. The Morgan fingerprint density at radius 1 is 0.410 bits per heavy atom. The molecule has 39 heavy (non-hydrogen) atoms. The summed E-state index contributed by atoms with van der Waals surface area (Å²) < 4.78 is 0. The van der Waals surface area contributed by atoms with Gasteiger partial charge in [0, 0.05) is 23.7 Å². The van der Waals surface area contributed by atoms with Crippen LogP contribution in [0.3, 0.4) is 0 Å². The molecule has 0 aliphatic heterocycles. The molecule has 8 aliphatic carbocycles. The van der Waals surface area contributed by atoms with Gasteiger partial charge in [0.1, 0.15) is 18.1 Å². The number of aliphatic imine (C=N–C) groups is 2. The summed E-state index contributed by atoms with van der Waals surface area (Å²) in [5, 5.41) is 28.9. The molecule has 8 bridgehead atoms. The van der Waals surface area contributed by atoms with E-state index in [0.717, 1.165) is 46.5 Å². The quantitative estimate of drug-likeness (QED) is 0.196. The van der Waals surface area contributed by atoms with Crippen LogP contribution in [0.1, 0.15) is 103 Å². The SMILES string of the molecule is ON=C(C(=NCN=C(C(=NO)C1CC2CCC1C2)C1CC2CCC1C2)C1CC2CCC1C2)C1CC2CCC1C2. The van der Waals surface area contributed by atoms with Gasteiger partial charge in [-0.05, 0) is 124 Å². The molecule has 0 aromatic heterocycles. The maximum Gasteiger partial charge on any atom is 0.130 e. The highest BCUT2D eigenvalue weighted by Crippen LogP contribution is 2.54. The summed E-state index contributed by atoms with van der Waals surface area (Å²) >= 11 is 0. The predicted octanol–water partition coefficient (Wildman–Crippen LogP) is 7.23. The molecule has 0 radical (unpaired) electrons. The molecule has 8 aliphatic rings. The Bertz CT molecular complexity index is 1010. The van der Waals surface area contributed by atoms with Crippen molar-refractivity contribution in [3.8, 4) is 0 Å². The van der Waals surface area contributed by atoms with Gasteiger partial charge in [-0.1, -0.05) is 36.0 Å². The fourth-order valence-corrected chi connectivity index (χ4v) is 11.9. The van der Waals surface area contributed by atoms with Crippen LogP contribution in [-0.4, -0.2) is 39.9 Å². The largest absolute Gasteiger partial charge is 0.411 e. The summed E-state index contributed by atoms with van der Waals surface area (Å²) in [7, 11) is 0. The molecule has 6 heteroatoms. The zero-order valence-corrected chi connectivity index (χ0v) is 23.6. The zero-order valence-electron chi connectivity index (χ0n) is 23.6. The molecule has 0 spiro atoms. The van der Waals surface area contributed by atoms with Crippen molar-refractivity contribution >= 4 is 22.8 Å². The van der Waals surface area contributed by atoms with Gasteiger partial charge in [-0.15, -0.1) is 0 Å². The molecule has 12 unspecified atom stereocenters.